The number of hydrogen-bond acceptors (Lipinski definition) is 5. The van der Waals surface area contributed by atoms with Gasteiger partial charge in [-0.15, -0.1) is 0 Å². The molecule has 0 saturated carbocycles. The van der Waals surface area contributed by atoms with E-state index in [4.69, 9.17) is 4.74 Å². The van der Waals surface area contributed by atoms with E-state index >= 15 is 0 Å². The molecule has 0 saturated heterocycles. The molecule has 0 radical (unpaired) electrons. The van der Waals surface area contributed by atoms with Gasteiger partial charge in [0, 0.05) is 6.26 Å². The Morgan fingerprint density at radius 1 is 1.41 bits per heavy atom. The van der Waals surface area contributed by atoms with E-state index in [2.05, 4.69) is 5.32 Å². The fraction of sp³-hybridized carbons (Fsp3) is 0.364. The summed E-state index contributed by atoms with van der Waals surface area (Å²) in [7, 11) is -0.423. The molecule has 6 heteroatoms. The highest BCUT2D eigenvalue weighted by atomic mass is 32.2. The van der Waals surface area contributed by atoms with Crippen LogP contribution in [0.3, 0.4) is 0 Å². The van der Waals surface area contributed by atoms with Crippen molar-refractivity contribution < 1.29 is 17.9 Å². The maximum atomic E-state index is 11.8. The van der Waals surface area contributed by atoms with Gasteiger partial charge in [-0.3, -0.25) is 4.79 Å². The fourth-order valence-corrected chi connectivity index (χ4v) is 2.35. The second-order valence-corrected chi connectivity index (χ2v) is 5.55. The zero-order valence-electron chi connectivity index (χ0n) is 9.98. The average molecular weight is 257 g/mol. The number of hydrogen-bond donors (Lipinski definition) is 1. The summed E-state index contributed by atoms with van der Waals surface area (Å²) in [5.41, 5.74) is 0.268. The summed E-state index contributed by atoms with van der Waals surface area (Å²) in [6.07, 6.45) is 1.08. The van der Waals surface area contributed by atoms with Gasteiger partial charge < -0.3 is 10.1 Å². The SMILES string of the molecule is CNCC(=O)c1cccc(S(C)(=O)=O)c1OC. The standard InChI is InChI=1S/C11H15NO4S/c1-12-7-9(13)8-5-4-6-10(11(8)16-2)17(3,14)15/h4-6,12H,7H2,1-3H3. The van der Waals surface area contributed by atoms with Crippen LogP contribution < -0.4 is 10.1 Å². The van der Waals surface area contributed by atoms with E-state index < -0.39 is 9.84 Å². The quantitative estimate of drug-likeness (QED) is 0.778. The second-order valence-electron chi connectivity index (χ2n) is 3.56. The molecule has 1 rings (SSSR count). The summed E-state index contributed by atoms with van der Waals surface area (Å²) in [4.78, 5) is 11.8. The molecule has 0 spiro atoms. The predicted octanol–water partition coefficient (Wildman–Crippen LogP) is 0.501. The Morgan fingerprint density at radius 2 is 2.06 bits per heavy atom. The lowest BCUT2D eigenvalue weighted by Gasteiger charge is -2.11. The number of carbonyl (C=O) groups excluding carboxylic acids is 1. The summed E-state index contributed by atoms with van der Waals surface area (Å²) in [5.74, 6) is -0.106. The molecule has 17 heavy (non-hydrogen) atoms. The molecule has 1 aromatic rings. The number of benzene rings is 1. The minimum absolute atomic E-state index is 0.0296. The Morgan fingerprint density at radius 3 is 2.53 bits per heavy atom. The highest BCUT2D eigenvalue weighted by Gasteiger charge is 2.20. The number of ketones is 1. The third kappa shape index (κ3) is 3.04. The lowest BCUT2D eigenvalue weighted by atomic mass is 10.1. The van der Waals surface area contributed by atoms with E-state index in [0.29, 0.717) is 0 Å². The van der Waals surface area contributed by atoms with Crippen molar-refractivity contribution in [1.29, 1.82) is 0 Å². The number of rotatable bonds is 5. The molecule has 0 aliphatic rings. The smallest absolute Gasteiger partial charge is 0.180 e. The van der Waals surface area contributed by atoms with Crippen LogP contribution in [0.1, 0.15) is 10.4 Å². The molecule has 0 amide bonds. The lowest BCUT2D eigenvalue weighted by molar-refractivity contribution is 0.0990. The maximum Gasteiger partial charge on any atom is 0.180 e. The van der Waals surface area contributed by atoms with E-state index in [1.165, 1.54) is 19.2 Å². The van der Waals surface area contributed by atoms with Crippen LogP contribution in [-0.2, 0) is 9.84 Å². The van der Waals surface area contributed by atoms with E-state index in [9.17, 15) is 13.2 Å². The summed E-state index contributed by atoms with van der Waals surface area (Å²) in [6.45, 7) is 0.129. The molecule has 0 aliphatic heterocycles. The van der Waals surface area contributed by atoms with Crippen LogP contribution in [-0.4, -0.2) is 41.2 Å². The van der Waals surface area contributed by atoms with Crippen LogP contribution in [0, 0.1) is 0 Å². The van der Waals surface area contributed by atoms with E-state index in [1.54, 1.807) is 13.1 Å². The van der Waals surface area contributed by atoms with E-state index in [0.717, 1.165) is 6.26 Å². The number of likely N-dealkylation sites (N-methyl/N-ethyl adjacent to an activating group) is 1. The minimum atomic E-state index is -3.41. The van der Waals surface area contributed by atoms with Crippen LogP contribution in [0.25, 0.3) is 0 Å². The molecule has 1 N–H and O–H groups in total. The monoisotopic (exact) mass is 257 g/mol. The number of para-hydroxylation sites is 1. The van der Waals surface area contributed by atoms with Crippen LogP contribution in [0.15, 0.2) is 23.1 Å². The van der Waals surface area contributed by atoms with E-state index in [1.807, 2.05) is 0 Å². The number of Topliss-reactive ketones (excluding diaryl/α,β-unsaturated/α-hetero) is 1. The Labute approximate surface area is 101 Å². The Balaban J connectivity index is 3.39. The number of carbonyl (C=O) groups is 1. The minimum Gasteiger partial charge on any atom is -0.495 e. The first-order chi connectivity index (χ1) is 7.91. The third-order valence-corrected chi connectivity index (χ3v) is 3.34. The molecule has 1 aromatic carbocycles. The summed E-state index contributed by atoms with van der Waals surface area (Å²) >= 11 is 0. The van der Waals surface area contributed by atoms with Gasteiger partial charge in [0.1, 0.15) is 10.6 Å². The highest BCUT2D eigenvalue weighted by Crippen LogP contribution is 2.28. The highest BCUT2D eigenvalue weighted by molar-refractivity contribution is 7.90. The first-order valence-corrected chi connectivity index (χ1v) is 6.85. The Kier molecular flexibility index (Phi) is 4.25. The third-order valence-electron chi connectivity index (χ3n) is 2.22. The first-order valence-electron chi connectivity index (χ1n) is 4.96. The summed E-state index contributed by atoms with van der Waals surface area (Å²) < 4.78 is 28.1. The molecule has 94 valence electrons. The molecule has 0 unspecified atom stereocenters. The van der Waals surface area contributed by atoms with Crippen LogP contribution in [0.4, 0.5) is 0 Å². The molecule has 0 atom stereocenters. The van der Waals surface area contributed by atoms with Gasteiger partial charge in [-0.05, 0) is 19.2 Å². The normalized spacial score (nSPS) is 11.2. The molecule has 5 nitrogen and oxygen atoms in total. The number of sulfone groups is 1. The van der Waals surface area contributed by atoms with Crippen molar-refractivity contribution in [2.24, 2.45) is 0 Å². The van der Waals surface area contributed by atoms with Crippen molar-refractivity contribution in [3.05, 3.63) is 23.8 Å². The molecular formula is C11H15NO4S. The molecule has 0 bridgehead atoms. The van der Waals surface area contributed by atoms with Gasteiger partial charge in [0.25, 0.3) is 0 Å². The predicted molar refractivity (Wildman–Crippen MR) is 64.4 cm³/mol. The molecule has 0 heterocycles. The number of methoxy groups -OCH3 is 1. The van der Waals surface area contributed by atoms with Crippen molar-refractivity contribution in [1.82, 2.24) is 5.32 Å². The zero-order chi connectivity index (χ0) is 13.1. The van der Waals surface area contributed by atoms with Gasteiger partial charge >= 0.3 is 0 Å². The molecule has 0 fully saturated rings. The molecular weight excluding hydrogens is 242 g/mol. The summed E-state index contributed by atoms with van der Waals surface area (Å²) in [6, 6.07) is 4.50. The maximum absolute atomic E-state index is 11.8. The van der Waals surface area contributed by atoms with Gasteiger partial charge in [-0.25, -0.2) is 8.42 Å². The lowest BCUT2D eigenvalue weighted by Crippen LogP contribution is -2.19. The Hall–Kier alpha value is -1.40. The van der Waals surface area contributed by atoms with Gasteiger partial charge in [-0.1, -0.05) is 6.07 Å². The molecule has 0 aromatic heterocycles. The van der Waals surface area contributed by atoms with Crippen molar-refractivity contribution in [2.75, 3.05) is 27.0 Å². The van der Waals surface area contributed by atoms with E-state index in [-0.39, 0.29) is 28.5 Å². The van der Waals surface area contributed by atoms with Crippen LogP contribution in [0.2, 0.25) is 0 Å². The second kappa shape index (κ2) is 5.29. The van der Waals surface area contributed by atoms with Crippen LogP contribution in [0.5, 0.6) is 5.75 Å². The van der Waals surface area contributed by atoms with Gasteiger partial charge in [0.2, 0.25) is 0 Å². The van der Waals surface area contributed by atoms with Crippen molar-refractivity contribution in [3.63, 3.8) is 0 Å². The fourth-order valence-electron chi connectivity index (χ4n) is 1.49. The first kappa shape index (κ1) is 13.7. The molecule has 0 aliphatic carbocycles. The topological polar surface area (TPSA) is 72.5 Å². The van der Waals surface area contributed by atoms with Crippen molar-refractivity contribution in [3.8, 4) is 5.75 Å². The number of nitrogens with one attached hydrogen (secondary N) is 1. The van der Waals surface area contributed by atoms with Gasteiger partial charge in [-0.2, -0.15) is 0 Å². The van der Waals surface area contributed by atoms with Gasteiger partial charge in [0.05, 0.1) is 19.2 Å². The average Bonchev–Trinajstić information content (AvgIpc) is 2.27. The summed E-state index contributed by atoms with van der Waals surface area (Å²) in [5, 5.41) is 2.72. The van der Waals surface area contributed by atoms with Gasteiger partial charge in [0.15, 0.2) is 15.6 Å². The van der Waals surface area contributed by atoms with Crippen molar-refractivity contribution in [2.45, 2.75) is 4.90 Å². The zero-order valence-corrected chi connectivity index (χ0v) is 10.8. The number of ether oxygens (including phenoxy) is 1. The van der Waals surface area contributed by atoms with Crippen LogP contribution >= 0.6 is 0 Å². The van der Waals surface area contributed by atoms with Crippen molar-refractivity contribution >= 4 is 15.6 Å². The largest absolute Gasteiger partial charge is 0.495 e. The Bertz CT molecular complexity index is 522.